The highest BCUT2D eigenvalue weighted by Crippen LogP contribution is 2.29. The Kier molecular flexibility index (Phi) is 4.66. The first-order chi connectivity index (χ1) is 13.6. The van der Waals surface area contributed by atoms with Crippen molar-refractivity contribution in [1.82, 2.24) is 14.6 Å². The molecule has 0 saturated carbocycles. The molecule has 4 rings (SSSR count). The van der Waals surface area contributed by atoms with Gasteiger partial charge in [-0.05, 0) is 35.9 Å². The van der Waals surface area contributed by atoms with Crippen LogP contribution in [0.25, 0.3) is 11.0 Å². The van der Waals surface area contributed by atoms with Gasteiger partial charge >= 0.3 is 0 Å². The second-order valence-electron chi connectivity index (χ2n) is 5.98. The summed E-state index contributed by atoms with van der Waals surface area (Å²) in [6, 6.07) is 5.68. The number of allylic oxidation sites excluding steroid dienone is 2. The van der Waals surface area contributed by atoms with E-state index < -0.39 is 5.56 Å². The Bertz CT molecular complexity index is 1190. The molecule has 0 amide bonds. The van der Waals surface area contributed by atoms with Gasteiger partial charge in [-0.3, -0.25) is 9.79 Å². The van der Waals surface area contributed by atoms with Gasteiger partial charge in [-0.15, -0.1) is 0 Å². The van der Waals surface area contributed by atoms with Gasteiger partial charge in [0.15, 0.2) is 11.5 Å². The molecule has 0 fully saturated rings. The molecule has 0 spiro atoms. The lowest BCUT2D eigenvalue weighted by molar-refractivity contribution is 0.354. The Labute approximate surface area is 164 Å². The molecule has 3 aromatic rings. The molecular formula is C19H17N5O3S. The van der Waals surface area contributed by atoms with Crippen LogP contribution in [0, 0.1) is 0 Å². The second-order valence-corrected chi connectivity index (χ2v) is 7.02. The van der Waals surface area contributed by atoms with Gasteiger partial charge in [0.25, 0.3) is 5.56 Å². The summed E-state index contributed by atoms with van der Waals surface area (Å²) in [5, 5.41) is 5.31. The lowest BCUT2D eigenvalue weighted by atomic mass is 10.1. The van der Waals surface area contributed by atoms with Gasteiger partial charge in [-0.25, -0.2) is 0 Å². The van der Waals surface area contributed by atoms with Crippen LogP contribution < -0.4 is 20.8 Å². The fraction of sp³-hybridized carbons (Fsp3) is 0.158. The summed E-state index contributed by atoms with van der Waals surface area (Å²) in [5.74, 6) is 1.55. The maximum atomic E-state index is 12.4. The number of aliphatic imine (C=N–C) groups is 1. The Morgan fingerprint density at radius 3 is 2.79 bits per heavy atom. The largest absolute Gasteiger partial charge is 0.493 e. The molecule has 0 saturated heterocycles. The number of nitrogen functional groups attached to an aromatic ring is 1. The number of nitrogens with zero attached hydrogens (tertiary/aromatic N) is 4. The lowest BCUT2D eigenvalue weighted by Crippen LogP contribution is -2.16. The molecule has 1 aromatic carbocycles. The first-order valence-electron chi connectivity index (χ1n) is 8.40. The summed E-state index contributed by atoms with van der Waals surface area (Å²) in [4.78, 5) is 21.1. The number of nitrogens with two attached hydrogens (primary N) is 1. The number of ether oxygens (including phenoxy) is 2. The molecule has 1 aliphatic heterocycles. The number of fused-ring (bicyclic) bond motifs is 1. The Morgan fingerprint density at radius 1 is 1.25 bits per heavy atom. The van der Waals surface area contributed by atoms with E-state index in [0.717, 1.165) is 10.6 Å². The van der Waals surface area contributed by atoms with Crippen molar-refractivity contribution < 1.29 is 9.47 Å². The minimum absolute atomic E-state index is 0.243. The molecule has 2 N–H and O–H groups in total. The molecule has 0 bridgehead atoms. The molecular weight excluding hydrogens is 378 g/mol. The zero-order valence-corrected chi connectivity index (χ0v) is 16.1. The van der Waals surface area contributed by atoms with E-state index in [0.29, 0.717) is 28.6 Å². The van der Waals surface area contributed by atoms with E-state index in [1.807, 2.05) is 18.2 Å². The SMILES string of the molecule is COc1ccc(Cc2nn3c(N)c(C=C4C=CC=N4)c(=O)nc3s2)cc1OC. The standard InChI is InChI=1S/C19H17N5O3S/c1-26-14-6-5-11(8-15(14)27-2)9-16-23-24-17(20)13(10-12-4-3-7-21-12)18(25)22-19(24)28-16/h3-8,10H,9,20H2,1-2H3. The van der Waals surface area contributed by atoms with Crippen LogP contribution in [0.4, 0.5) is 5.82 Å². The zero-order chi connectivity index (χ0) is 19.7. The van der Waals surface area contributed by atoms with E-state index >= 15 is 0 Å². The average Bonchev–Trinajstić information content (AvgIpc) is 3.34. The third-order valence-corrected chi connectivity index (χ3v) is 5.11. The number of hydrogen-bond acceptors (Lipinski definition) is 8. The van der Waals surface area contributed by atoms with E-state index in [1.165, 1.54) is 15.9 Å². The number of benzene rings is 1. The molecule has 1 aliphatic rings. The van der Waals surface area contributed by atoms with Gasteiger partial charge in [0.2, 0.25) is 4.96 Å². The zero-order valence-electron chi connectivity index (χ0n) is 15.2. The van der Waals surface area contributed by atoms with Crippen LogP contribution in [0.2, 0.25) is 0 Å². The molecule has 9 heteroatoms. The molecule has 3 heterocycles. The van der Waals surface area contributed by atoms with Crippen molar-refractivity contribution in [3.05, 3.63) is 62.5 Å². The van der Waals surface area contributed by atoms with E-state index in [1.54, 1.807) is 38.7 Å². The maximum Gasteiger partial charge on any atom is 0.283 e. The first kappa shape index (κ1) is 17.9. The van der Waals surface area contributed by atoms with Gasteiger partial charge in [-0.1, -0.05) is 17.4 Å². The third kappa shape index (κ3) is 3.27. The molecule has 8 nitrogen and oxygen atoms in total. The molecule has 28 heavy (non-hydrogen) atoms. The fourth-order valence-electron chi connectivity index (χ4n) is 2.84. The summed E-state index contributed by atoms with van der Waals surface area (Å²) in [7, 11) is 3.19. The molecule has 0 unspecified atom stereocenters. The maximum absolute atomic E-state index is 12.4. The number of rotatable bonds is 5. The minimum Gasteiger partial charge on any atom is -0.493 e. The Morgan fingerprint density at radius 2 is 2.07 bits per heavy atom. The Balaban J connectivity index is 1.71. The predicted molar refractivity (Wildman–Crippen MR) is 110 cm³/mol. The fourth-order valence-corrected chi connectivity index (χ4v) is 3.77. The van der Waals surface area contributed by atoms with Crippen molar-refractivity contribution in [3.63, 3.8) is 0 Å². The van der Waals surface area contributed by atoms with E-state index in [-0.39, 0.29) is 11.4 Å². The summed E-state index contributed by atoms with van der Waals surface area (Å²) < 4.78 is 12.1. The lowest BCUT2D eigenvalue weighted by Gasteiger charge is -2.08. The van der Waals surface area contributed by atoms with E-state index in [9.17, 15) is 4.79 Å². The summed E-state index contributed by atoms with van der Waals surface area (Å²) >= 11 is 1.32. The van der Waals surface area contributed by atoms with Crippen LogP contribution in [0.3, 0.4) is 0 Å². The van der Waals surface area contributed by atoms with Crippen LogP contribution in [0.5, 0.6) is 11.5 Å². The van der Waals surface area contributed by atoms with Crippen molar-refractivity contribution in [2.75, 3.05) is 20.0 Å². The van der Waals surface area contributed by atoms with Crippen molar-refractivity contribution in [3.8, 4) is 11.5 Å². The quantitative estimate of drug-likeness (QED) is 0.711. The monoisotopic (exact) mass is 395 g/mol. The summed E-state index contributed by atoms with van der Waals surface area (Å²) in [6.45, 7) is 0. The van der Waals surface area contributed by atoms with Gasteiger partial charge in [0, 0.05) is 12.6 Å². The Hall–Kier alpha value is -3.46. The second kappa shape index (κ2) is 7.28. The average molecular weight is 395 g/mol. The van der Waals surface area contributed by atoms with Crippen LogP contribution >= 0.6 is 11.3 Å². The predicted octanol–water partition coefficient (Wildman–Crippen LogP) is 2.32. The van der Waals surface area contributed by atoms with E-state index in [4.69, 9.17) is 15.2 Å². The normalized spacial score (nSPS) is 14.3. The number of methoxy groups -OCH3 is 2. The molecule has 0 radical (unpaired) electrons. The molecule has 0 aliphatic carbocycles. The minimum atomic E-state index is -0.401. The number of anilines is 1. The van der Waals surface area contributed by atoms with E-state index in [2.05, 4.69) is 15.1 Å². The van der Waals surface area contributed by atoms with Gasteiger partial charge in [0.1, 0.15) is 10.8 Å². The van der Waals surface area contributed by atoms with Gasteiger partial charge < -0.3 is 15.2 Å². The molecule has 0 atom stereocenters. The number of aromatic nitrogens is 3. The van der Waals surface area contributed by atoms with Crippen LogP contribution in [0.15, 0.2) is 45.8 Å². The van der Waals surface area contributed by atoms with Crippen LogP contribution in [0.1, 0.15) is 16.1 Å². The van der Waals surface area contributed by atoms with Gasteiger partial charge in [-0.2, -0.15) is 14.6 Å². The molecule has 142 valence electrons. The smallest absolute Gasteiger partial charge is 0.283 e. The highest BCUT2D eigenvalue weighted by atomic mass is 32.1. The first-order valence-corrected chi connectivity index (χ1v) is 9.22. The van der Waals surface area contributed by atoms with Crippen LogP contribution in [-0.4, -0.2) is 35.0 Å². The summed E-state index contributed by atoms with van der Waals surface area (Å²) in [5.41, 5.74) is 7.71. The topological polar surface area (TPSA) is 104 Å². The highest BCUT2D eigenvalue weighted by molar-refractivity contribution is 7.16. The molecule has 2 aromatic heterocycles. The van der Waals surface area contributed by atoms with Crippen molar-refractivity contribution >= 4 is 34.4 Å². The highest BCUT2D eigenvalue weighted by Gasteiger charge is 2.15. The van der Waals surface area contributed by atoms with Gasteiger partial charge in [0.05, 0.1) is 25.5 Å². The van der Waals surface area contributed by atoms with Crippen molar-refractivity contribution in [2.45, 2.75) is 6.42 Å². The third-order valence-electron chi connectivity index (χ3n) is 4.21. The summed E-state index contributed by atoms with van der Waals surface area (Å²) in [6.07, 6.45) is 7.39. The number of hydrogen-bond donors (Lipinski definition) is 1. The van der Waals surface area contributed by atoms with Crippen LogP contribution in [-0.2, 0) is 6.42 Å². The van der Waals surface area contributed by atoms with Crippen molar-refractivity contribution in [2.24, 2.45) is 4.99 Å². The van der Waals surface area contributed by atoms with Crippen molar-refractivity contribution in [1.29, 1.82) is 0 Å².